The van der Waals surface area contributed by atoms with Crippen LogP contribution in [0.3, 0.4) is 0 Å². The van der Waals surface area contributed by atoms with Gasteiger partial charge in [0.25, 0.3) is 0 Å². The standard InChI is InChI=1S/C13H22N4O/c1-18-11-2-4-17(5-3-11)8-10-6-12-13(7-14-10)16-9-15-12/h9-11,14H,2-8H2,1H3,(H,15,16). The molecule has 5 nitrogen and oxygen atoms in total. The quantitative estimate of drug-likeness (QED) is 0.822. The van der Waals surface area contributed by atoms with Crippen LogP contribution in [0, 0.1) is 0 Å². The zero-order chi connectivity index (χ0) is 12.4. The number of aromatic nitrogens is 2. The Bertz CT molecular complexity index is 384. The molecule has 0 aromatic carbocycles. The zero-order valence-electron chi connectivity index (χ0n) is 11.0. The van der Waals surface area contributed by atoms with Crippen LogP contribution >= 0.6 is 0 Å². The number of hydrogen-bond donors (Lipinski definition) is 2. The number of H-pyrrole nitrogens is 1. The second-order valence-electron chi connectivity index (χ2n) is 5.35. The van der Waals surface area contributed by atoms with Crippen molar-refractivity contribution < 1.29 is 4.74 Å². The third kappa shape index (κ3) is 2.58. The Balaban J connectivity index is 1.50. The van der Waals surface area contributed by atoms with E-state index in [0.29, 0.717) is 12.1 Å². The van der Waals surface area contributed by atoms with Crippen LogP contribution in [-0.4, -0.2) is 53.8 Å². The number of aromatic amines is 1. The number of nitrogens with zero attached hydrogens (tertiary/aromatic N) is 2. The number of rotatable bonds is 3. The smallest absolute Gasteiger partial charge is 0.0925 e. The normalized spacial score (nSPS) is 26.2. The Labute approximate surface area is 108 Å². The highest BCUT2D eigenvalue weighted by atomic mass is 16.5. The first-order chi connectivity index (χ1) is 8.85. The largest absolute Gasteiger partial charge is 0.381 e. The van der Waals surface area contributed by atoms with Gasteiger partial charge in [0.15, 0.2) is 0 Å². The molecule has 1 saturated heterocycles. The van der Waals surface area contributed by atoms with Gasteiger partial charge in [-0.2, -0.15) is 0 Å². The highest BCUT2D eigenvalue weighted by molar-refractivity contribution is 5.16. The van der Waals surface area contributed by atoms with Crippen LogP contribution in [0.25, 0.3) is 0 Å². The number of ether oxygens (including phenoxy) is 1. The summed E-state index contributed by atoms with van der Waals surface area (Å²) >= 11 is 0. The van der Waals surface area contributed by atoms with Gasteiger partial charge in [0.1, 0.15) is 0 Å². The van der Waals surface area contributed by atoms with Gasteiger partial charge in [-0.3, -0.25) is 0 Å². The van der Waals surface area contributed by atoms with Crippen molar-refractivity contribution in [2.24, 2.45) is 0 Å². The van der Waals surface area contributed by atoms with Gasteiger partial charge < -0.3 is 19.9 Å². The van der Waals surface area contributed by atoms with Gasteiger partial charge in [-0.15, -0.1) is 0 Å². The fourth-order valence-corrected chi connectivity index (χ4v) is 3.00. The molecular formula is C13H22N4O. The number of nitrogens with one attached hydrogen (secondary N) is 2. The molecule has 1 unspecified atom stereocenters. The molecule has 0 aliphatic carbocycles. The molecule has 5 heteroatoms. The van der Waals surface area contributed by atoms with Crippen molar-refractivity contribution in [3.63, 3.8) is 0 Å². The van der Waals surface area contributed by atoms with Crippen LogP contribution in [-0.2, 0) is 17.7 Å². The van der Waals surface area contributed by atoms with Crippen LogP contribution in [0.2, 0.25) is 0 Å². The molecule has 1 aromatic heterocycles. The van der Waals surface area contributed by atoms with Crippen molar-refractivity contribution in [1.29, 1.82) is 0 Å². The van der Waals surface area contributed by atoms with Crippen LogP contribution < -0.4 is 5.32 Å². The van der Waals surface area contributed by atoms with Gasteiger partial charge in [-0.1, -0.05) is 0 Å². The predicted octanol–water partition coefficient (Wildman–Crippen LogP) is 0.535. The first kappa shape index (κ1) is 12.1. The lowest BCUT2D eigenvalue weighted by Crippen LogP contribution is -2.47. The highest BCUT2D eigenvalue weighted by Gasteiger charge is 2.24. The van der Waals surface area contributed by atoms with Crippen molar-refractivity contribution in [3.05, 3.63) is 17.7 Å². The molecule has 2 aliphatic rings. The summed E-state index contributed by atoms with van der Waals surface area (Å²) in [5.41, 5.74) is 2.50. The van der Waals surface area contributed by atoms with Crippen LogP contribution in [0.1, 0.15) is 24.2 Å². The number of hydrogen-bond acceptors (Lipinski definition) is 4. The second-order valence-corrected chi connectivity index (χ2v) is 5.35. The number of fused-ring (bicyclic) bond motifs is 1. The van der Waals surface area contributed by atoms with E-state index < -0.39 is 0 Å². The lowest BCUT2D eigenvalue weighted by molar-refractivity contribution is 0.0381. The van der Waals surface area contributed by atoms with Gasteiger partial charge in [0.2, 0.25) is 0 Å². The lowest BCUT2D eigenvalue weighted by Gasteiger charge is -2.34. The van der Waals surface area contributed by atoms with Gasteiger partial charge in [-0.05, 0) is 12.8 Å². The number of likely N-dealkylation sites (tertiary alicyclic amines) is 1. The van der Waals surface area contributed by atoms with Crippen molar-refractivity contribution in [1.82, 2.24) is 20.2 Å². The van der Waals surface area contributed by atoms with Crippen molar-refractivity contribution >= 4 is 0 Å². The first-order valence-corrected chi connectivity index (χ1v) is 6.85. The summed E-state index contributed by atoms with van der Waals surface area (Å²) in [5, 5.41) is 3.59. The molecule has 3 rings (SSSR count). The molecule has 2 N–H and O–H groups in total. The fraction of sp³-hybridized carbons (Fsp3) is 0.769. The second kappa shape index (κ2) is 5.38. The Kier molecular flexibility index (Phi) is 3.63. The van der Waals surface area contributed by atoms with Crippen molar-refractivity contribution in [2.75, 3.05) is 26.7 Å². The fourth-order valence-electron chi connectivity index (χ4n) is 3.00. The summed E-state index contributed by atoms with van der Waals surface area (Å²) in [6.07, 6.45) is 5.65. The summed E-state index contributed by atoms with van der Waals surface area (Å²) in [7, 11) is 1.82. The van der Waals surface area contributed by atoms with E-state index >= 15 is 0 Å². The molecule has 0 spiro atoms. The maximum Gasteiger partial charge on any atom is 0.0925 e. The SMILES string of the molecule is COC1CCN(CC2Cc3nc[nH]c3CN2)CC1. The monoisotopic (exact) mass is 250 g/mol. The van der Waals surface area contributed by atoms with Crippen molar-refractivity contribution in [2.45, 2.75) is 38.0 Å². The Morgan fingerprint density at radius 2 is 2.28 bits per heavy atom. The van der Waals surface area contributed by atoms with Gasteiger partial charge in [0, 0.05) is 45.8 Å². The first-order valence-electron chi connectivity index (χ1n) is 6.85. The van der Waals surface area contributed by atoms with E-state index in [-0.39, 0.29) is 0 Å². The zero-order valence-corrected chi connectivity index (χ0v) is 11.0. The summed E-state index contributed by atoms with van der Waals surface area (Å²) in [5.74, 6) is 0. The third-order valence-corrected chi connectivity index (χ3v) is 4.16. The number of methoxy groups -OCH3 is 1. The van der Waals surface area contributed by atoms with Gasteiger partial charge in [0.05, 0.1) is 23.8 Å². The van der Waals surface area contributed by atoms with Gasteiger partial charge >= 0.3 is 0 Å². The Morgan fingerprint density at radius 3 is 3.06 bits per heavy atom. The number of imidazole rings is 1. The van der Waals surface area contributed by atoms with Crippen LogP contribution in [0.5, 0.6) is 0 Å². The molecule has 1 atom stereocenters. The molecule has 1 fully saturated rings. The van der Waals surface area contributed by atoms with Gasteiger partial charge in [-0.25, -0.2) is 4.98 Å². The minimum atomic E-state index is 0.471. The molecule has 1 aromatic rings. The maximum absolute atomic E-state index is 5.41. The summed E-state index contributed by atoms with van der Waals surface area (Å²) < 4.78 is 5.41. The molecule has 2 aliphatic heterocycles. The highest BCUT2D eigenvalue weighted by Crippen LogP contribution is 2.16. The Hall–Kier alpha value is -0.910. The van der Waals surface area contributed by atoms with E-state index in [2.05, 4.69) is 20.2 Å². The molecule has 3 heterocycles. The molecule has 0 bridgehead atoms. The average molecular weight is 250 g/mol. The van der Waals surface area contributed by atoms with E-state index in [1.54, 1.807) is 6.33 Å². The summed E-state index contributed by atoms with van der Waals surface area (Å²) in [6.45, 7) is 4.37. The maximum atomic E-state index is 5.41. The summed E-state index contributed by atoms with van der Waals surface area (Å²) in [4.78, 5) is 10.1. The molecule has 0 radical (unpaired) electrons. The van der Waals surface area contributed by atoms with Crippen LogP contribution in [0.4, 0.5) is 0 Å². The molecule has 100 valence electrons. The molecule has 0 amide bonds. The van der Waals surface area contributed by atoms with E-state index in [1.807, 2.05) is 7.11 Å². The van der Waals surface area contributed by atoms with E-state index in [9.17, 15) is 0 Å². The third-order valence-electron chi connectivity index (χ3n) is 4.16. The lowest BCUT2D eigenvalue weighted by atomic mass is 10.0. The van der Waals surface area contributed by atoms with Crippen molar-refractivity contribution in [3.8, 4) is 0 Å². The summed E-state index contributed by atoms with van der Waals surface area (Å²) in [6, 6.07) is 0.542. The average Bonchev–Trinajstić information content (AvgIpc) is 2.87. The van der Waals surface area contributed by atoms with E-state index in [1.165, 1.54) is 11.4 Å². The van der Waals surface area contributed by atoms with Crippen LogP contribution in [0.15, 0.2) is 6.33 Å². The minimum Gasteiger partial charge on any atom is -0.381 e. The predicted molar refractivity (Wildman–Crippen MR) is 69.4 cm³/mol. The Morgan fingerprint density at radius 1 is 1.44 bits per heavy atom. The molecule has 18 heavy (non-hydrogen) atoms. The van der Waals surface area contributed by atoms with E-state index in [0.717, 1.165) is 45.4 Å². The topological polar surface area (TPSA) is 53.2 Å². The molecular weight excluding hydrogens is 228 g/mol. The van der Waals surface area contributed by atoms with E-state index in [4.69, 9.17) is 4.74 Å². The molecule has 0 saturated carbocycles. The minimum absolute atomic E-state index is 0.471. The number of piperidine rings is 1.